The molecular formula is C29H30ClN3O3. The summed E-state index contributed by atoms with van der Waals surface area (Å²) in [6.07, 6.45) is 2.90. The number of imidazole rings is 1. The Bertz CT molecular complexity index is 1330. The van der Waals surface area contributed by atoms with Gasteiger partial charge in [-0.05, 0) is 54.2 Å². The van der Waals surface area contributed by atoms with Crippen LogP contribution in [0.1, 0.15) is 59.4 Å². The molecule has 2 heterocycles. The molecule has 0 bridgehead atoms. The van der Waals surface area contributed by atoms with Crippen LogP contribution in [-0.4, -0.2) is 32.9 Å². The van der Waals surface area contributed by atoms with E-state index < -0.39 is 11.9 Å². The first-order chi connectivity index (χ1) is 17.3. The first-order valence-electron chi connectivity index (χ1n) is 12.1. The molecule has 4 aromatic rings. The van der Waals surface area contributed by atoms with Gasteiger partial charge in [0.15, 0.2) is 0 Å². The second-order valence-electron chi connectivity index (χ2n) is 9.47. The predicted molar refractivity (Wildman–Crippen MR) is 142 cm³/mol. The fourth-order valence-corrected chi connectivity index (χ4v) is 4.62. The van der Waals surface area contributed by atoms with Crippen molar-refractivity contribution < 1.29 is 14.7 Å². The van der Waals surface area contributed by atoms with Crippen molar-refractivity contribution in [1.29, 1.82) is 0 Å². The molecule has 2 aromatic heterocycles. The summed E-state index contributed by atoms with van der Waals surface area (Å²) in [5, 5.41) is 13.7. The van der Waals surface area contributed by atoms with Crippen molar-refractivity contribution in [2.75, 3.05) is 6.54 Å². The average molecular weight is 504 g/mol. The van der Waals surface area contributed by atoms with Crippen molar-refractivity contribution in [3.05, 3.63) is 107 Å². The Morgan fingerprint density at radius 2 is 1.72 bits per heavy atom. The molecule has 2 N–H and O–H groups in total. The van der Waals surface area contributed by atoms with Crippen LogP contribution in [-0.2, 0) is 11.2 Å². The van der Waals surface area contributed by atoms with Crippen molar-refractivity contribution in [2.24, 2.45) is 5.92 Å². The van der Waals surface area contributed by atoms with Gasteiger partial charge in [0.05, 0.1) is 5.69 Å². The second-order valence-corrected chi connectivity index (χ2v) is 9.91. The fourth-order valence-electron chi connectivity index (χ4n) is 4.50. The predicted octanol–water partition coefficient (Wildman–Crippen LogP) is 5.96. The van der Waals surface area contributed by atoms with Crippen LogP contribution in [0.3, 0.4) is 0 Å². The van der Waals surface area contributed by atoms with Gasteiger partial charge < -0.3 is 10.4 Å². The molecule has 2 atom stereocenters. The summed E-state index contributed by atoms with van der Waals surface area (Å²) in [5.41, 5.74) is 3.41. The Morgan fingerprint density at radius 3 is 2.39 bits per heavy atom. The lowest BCUT2D eigenvalue weighted by Gasteiger charge is -2.20. The number of aliphatic carboxylic acids is 1. The van der Waals surface area contributed by atoms with Crippen LogP contribution in [0.4, 0.5) is 0 Å². The maximum atomic E-state index is 13.2. The molecule has 6 nitrogen and oxygen atoms in total. The molecule has 0 aliphatic heterocycles. The Balaban J connectivity index is 1.56. The number of hydrogen-bond donors (Lipinski definition) is 2. The summed E-state index contributed by atoms with van der Waals surface area (Å²) in [6.45, 7) is 4.79. The Labute approximate surface area is 216 Å². The summed E-state index contributed by atoms with van der Waals surface area (Å²) in [6, 6.07) is 22.5. The number of benzene rings is 2. The van der Waals surface area contributed by atoms with Gasteiger partial charge in [-0.3, -0.25) is 14.0 Å². The first kappa shape index (κ1) is 25.5. The van der Waals surface area contributed by atoms with Gasteiger partial charge in [0.25, 0.3) is 5.91 Å². The molecular weight excluding hydrogens is 474 g/mol. The maximum absolute atomic E-state index is 13.2. The number of rotatable bonds is 10. The molecule has 0 spiro atoms. The number of carbonyl (C=O) groups is 2. The van der Waals surface area contributed by atoms with Crippen LogP contribution in [0.2, 0.25) is 5.02 Å². The standard InChI is InChI=1S/C29H30ClN3O3/c1-19(2)15-22(21-11-13-23(30)14-12-21)17-31-28(34)26-9-6-10-27-32-25(18-33(26)27)24(29(35)36)16-20-7-4-3-5-8-20/h3-14,18-19,22,24H,15-17H2,1-2H3,(H,31,34)(H,35,36). The Hall–Kier alpha value is -3.64. The number of carbonyl (C=O) groups excluding carboxylic acids is 1. The van der Waals surface area contributed by atoms with Crippen molar-refractivity contribution in [1.82, 2.24) is 14.7 Å². The Morgan fingerprint density at radius 1 is 1.00 bits per heavy atom. The smallest absolute Gasteiger partial charge is 0.312 e. The van der Waals surface area contributed by atoms with Crippen molar-refractivity contribution in [3.8, 4) is 0 Å². The van der Waals surface area contributed by atoms with Crippen LogP contribution in [0.25, 0.3) is 5.65 Å². The number of nitrogens with one attached hydrogen (secondary N) is 1. The van der Waals surface area contributed by atoms with Gasteiger partial charge in [-0.1, -0.05) is 74.0 Å². The van der Waals surface area contributed by atoms with E-state index in [0.717, 1.165) is 17.5 Å². The molecule has 1 amide bonds. The number of nitrogens with zero attached hydrogens (tertiary/aromatic N) is 2. The molecule has 0 aliphatic rings. The van der Waals surface area contributed by atoms with Crippen molar-refractivity contribution >= 4 is 29.1 Å². The van der Waals surface area contributed by atoms with E-state index in [1.165, 1.54) is 0 Å². The van der Waals surface area contributed by atoms with Crippen LogP contribution in [0.5, 0.6) is 0 Å². The number of hydrogen-bond acceptors (Lipinski definition) is 3. The molecule has 0 fully saturated rings. The zero-order valence-electron chi connectivity index (χ0n) is 20.4. The molecule has 186 valence electrons. The molecule has 0 aliphatic carbocycles. The van der Waals surface area contributed by atoms with Crippen LogP contribution >= 0.6 is 11.6 Å². The second kappa shape index (κ2) is 11.4. The number of amides is 1. The highest BCUT2D eigenvalue weighted by Gasteiger charge is 2.25. The highest BCUT2D eigenvalue weighted by Crippen LogP contribution is 2.25. The minimum Gasteiger partial charge on any atom is -0.481 e. The number of carboxylic acids is 1. The quantitative estimate of drug-likeness (QED) is 0.280. The molecule has 7 heteroatoms. The summed E-state index contributed by atoms with van der Waals surface area (Å²) in [7, 11) is 0. The molecule has 4 rings (SSSR count). The SMILES string of the molecule is CC(C)CC(CNC(=O)c1cccc2nc(C(Cc3ccccc3)C(=O)O)cn12)c1ccc(Cl)cc1. The molecule has 0 saturated heterocycles. The zero-order valence-corrected chi connectivity index (χ0v) is 21.2. The fraction of sp³-hybridized carbons (Fsp3) is 0.276. The highest BCUT2D eigenvalue weighted by atomic mass is 35.5. The van der Waals surface area contributed by atoms with Crippen LogP contribution in [0.15, 0.2) is 79.0 Å². The molecule has 36 heavy (non-hydrogen) atoms. The third kappa shape index (κ3) is 6.13. The van der Waals surface area contributed by atoms with Crippen LogP contribution in [0, 0.1) is 5.92 Å². The van der Waals surface area contributed by atoms with Crippen molar-refractivity contribution in [2.45, 2.75) is 38.5 Å². The minimum atomic E-state index is -0.951. The van der Waals surface area contributed by atoms with Gasteiger partial charge in [-0.15, -0.1) is 0 Å². The van der Waals surface area contributed by atoms with E-state index in [1.807, 2.05) is 54.6 Å². The van der Waals surface area contributed by atoms with E-state index >= 15 is 0 Å². The van der Waals surface area contributed by atoms with E-state index in [-0.39, 0.29) is 11.8 Å². The lowest BCUT2D eigenvalue weighted by atomic mass is 9.90. The van der Waals surface area contributed by atoms with Gasteiger partial charge in [-0.25, -0.2) is 4.98 Å². The monoisotopic (exact) mass is 503 g/mol. The van der Waals surface area contributed by atoms with Gasteiger partial charge in [-0.2, -0.15) is 0 Å². The molecule has 0 saturated carbocycles. The Kier molecular flexibility index (Phi) is 8.06. The normalized spacial score (nSPS) is 13.0. The summed E-state index contributed by atoms with van der Waals surface area (Å²) < 4.78 is 1.67. The lowest BCUT2D eigenvalue weighted by Crippen LogP contribution is -2.30. The summed E-state index contributed by atoms with van der Waals surface area (Å²) >= 11 is 6.06. The van der Waals surface area contributed by atoms with E-state index in [4.69, 9.17) is 11.6 Å². The molecule has 2 unspecified atom stereocenters. The number of pyridine rings is 1. The van der Waals surface area contributed by atoms with E-state index in [0.29, 0.717) is 40.9 Å². The molecule has 2 aromatic carbocycles. The van der Waals surface area contributed by atoms with Crippen LogP contribution < -0.4 is 5.32 Å². The van der Waals surface area contributed by atoms with Gasteiger partial charge in [0, 0.05) is 23.7 Å². The number of aromatic nitrogens is 2. The lowest BCUT2D eigenvalue weighted by molar-refractivity contribution is -0.138. The van der Waals surface area contributed by atoms with Gasteiger partial charge >= 0.3 is 5.97 Å². The van der Waals surface area contributed by atoms with Gasteiger partial charge in [0.1, 0.15) is 17.3 Å². The largest absolute Gasteiger partial charge is 0.481 e. The zero-order chi connectivity index (χ0) is 25.7. The molecule has 0 radical (unpaired) electrons. The number of fused-ring (bicyclic) bond motifs is 1. The highest BCUT2D eigenvalue weighted by molar-refractivity contribution is 6.30. The topological polar surface area (TPSA) is 83.7 Å². The minimum absolute atomic E-state index is 0.144. The number of carboxylic acid groups (broad SMARTS) is 1. The summed E-state index contributed by atoms with van der Waals surface area (Å²) in [4.78, 5) is 29.9. The average Bonchev–Trinajstić information content (AvgIpc) is 3.29. The first-order valence-corrected chi connectivity index (χ1v) is 12.5. The van der Waals surface area contributed by atoms with Crippen molar-refractivity contribution in [3.63, 3.8) is 0 Å². The van der Waals surface area contributed by atoms with E-state index in [2.05, 4.69) is 24.1 Å². The number of halogens is 1. The maximum Gasteiger partial charge on any atom is 0.312 e. The third-order valence-corrected chi connectivity index (χ3v) is 6.54. The van der Waals surface area contributed by atoms with E-state index in [9.17, 15) is 14.7 Å². The third-order valence-electron chi connectivity index (χ3n) is 6.29. The van der Waals surface area contributed by atoms with Gasteiger partial charge in [0.2, 0.25) is 0 Å². The van der Waals surface area contributed by atoms with E-state index in [1.54, 1.807) is 28.8 Å². The summed E-state index contributed by atoms with van der Waals surface area (Å²) in [5.74, 6) is -1.40.